The standard InChI is InChI=1S/C18H26ClN3O2/c1-3-14(2)18(24)20-12-17(23)22-9-7-21(8-10-22)13-15-5-4-6-16(19)11-15/h4-6,11,14H,3,7-10,12-13H2,1-2H3,(H,20,24). The van der Waals surface area contributed by atoms with Crippen LogP contribution in [0.25, 0.3) is 0 Å². The molecular formula is C18H26ClN3O2. The van der Waals surface area contributed by atoms with E-state index < -0.39 is 0 Å². The lowest BCUT2D eigenvalue weighted by Gasteiger charge is -2.34. The molecule has 1 heterocycles. The van der Waals surface area contributed by atoms with Gasteiger partial charge in [0.05, 0.1) is 6.54 Å². The van der Waals surface area contributed by atoms with Gasteiger partial charge in [-0.2, -0.15) is 0 Å². The van der Waals surface area contributed by atoms with E-state index in [1.807, 2.05) is 36.9 Å². The number of benzene rings is 1. The van der Waals surface area contributed by atoms with Crippen LogP contribution in [0.3, 0.4) is 0 Å². The number of hydrogen-bond acceptors (Lipinski definition) is 3. The third-order valence-corrected chi connectivity index (χ3v) is 4.73. The number of nitrogens with zero attached hydrogens (tertiary/aromatic N) is 2. The number of carbonyl (C=O) groups excluding carboxylic acids is 2. The van der Waals surface area contributed by atoms with Crippen molar-refractivity contribution >= 4 is 23.4 Å². The maximum atomic E-state index is 12.2. The average Bonchev–Trinajstić information content (AvgIpc) is 2.59. The number of nitrogens with one attached hydrogen (secondary N) is 1. The fourth-order valence-corrected chi connectivity index (χ4v) is 2.90. The van der Waals surface area contributed by atoms with E-state index >= 15 is 0 Å². The van der Waals surface area contributed by atoms with E-state index in [2.05, 4.69) is 16.3 Å². The molecule has 132 valence electrons. The maximum Gasteiger partial charge on any atom is 0.242 e. The largest absolute Gasteiger partial charge is 0.347 e. The molecule has 1 aliphatic rings. The van der Waals surface area contributed by atoms with Crippen LogP contribution in [0.15, 0.2) is 24.3 Å². The first kappa shape index (κ1) is 18.7. The Hall–Kier alpha value is -1.59. The molecule has 5 nitrogen and oxygen atoms in total. The molecule has 1 fully saturated rings. The van der Waals surface area contributed by atoms with Crippen LogP contribution in [0, 0.1) is 5.92 Å². The summed E-state index contributed by atoms with van der Waals surface area (Å²) in [6.45, 7) is 7.82. The van der Waals surface area contributed by atoms with Crippen LogP contribution >= 0.6 is 11.6 Å². The first-order valence-corrected chi connectivity index (χ1v) is 8.89. The van der Waals surface area contributed by atoms with Crippen LogP contribution in [-0.2, 0) is 16.1 Å². The lowest BCUT2D eigenvalue weighted by atomic mass is 10.1. The molecule has 1 aromatic rings. The van der Waals surface area contributed by atoms with Gasteiger partial charge in [-0.05, 0) is 24.1 Å². The van der Waals surface area contributed by atoms with Crippen molar-refractivity contribution in [2.75, 3.05) is 32.7 Å². The Kier molecular flexibility index (Phi) is 7.06. The predicted octanol–water partition coefficient (Wildman–Crippen LogP) is 2.15. The molecule has 24 heavy (non-hydrogen) atoms. The Morgan fingerprint density at radius 3 is 2.58 bits per heavy atom. The van der Waals surface area contributed by atoms with Gasteiger partial charge in [0.1, 0.15) is 0 Å². The van der Waals surface area contributed by atoms with Gasteiger partial charge in [-0.25, -0.2) is 0 Å². The van der Waals surface area contributed by atoms with Crippen LogP contribution in [0.4, 0.5) is 0 Å². The summed E-state index contributed by atoms with van der Waals surface area (Å²) in [4.78, 5) is 28.1. The first-order valence-electron chi connectivity index (χ1n) is 8.52. The van der Waals surface area contributed by atoms with E-state index in [-0.39, 0.29) is 24.3 Å². The fourth-order valence-electron chi connectivity index (χ4n) is 2.68. The highest BCUT2D eigenvalue weighted by Crippen LogP contribution is 2.14. The predicted molar refractivity (Wildman–Crippen MR) is 95.8 cm³/mol. The highest BCUT2D eigenvalue weighted by atomic mass is 35.5. The first-order chi connectivity index (χ1) is 11.5. The van der Waals surface area contributed by atoms with E-state index in [1.165, 1.54) is 5.56 Å². The summed E-state index contributed by atoms with van der Waals surface area (Å²) in [7, 11) is 0. The molecule has 6 heteroatoms. The number of halogens is 1. The molecule has 2 rings (SSSR count). The van der Waals surface area contributed by atoms with Crippen LogP contribution in [0.1, 0.15) is 25.8 Å². The molecule has 0 aromatic heterocycles. The third kappa shape index (κ3) is 5.49. The normalized spacial score (nSPS) is 16.7. The molecule has 1 saturated heterocycles. The van der Waals surface area contributed by atoms with Crippen molar-refractivity contribution in [2.45, 2.75) is 26.8 Å². The lowest BCUT2D eigenvalue weighted by molar-refractivity contribution is -0.135. The van der Waals surface area contributed by atoms with Crippen molar-refractivity contribution in [2.24, 2.45) is 5.92 Å². The van der Waals surface area contributed by atoms with Crippen LogP contribution in [0.2, 0.25) is 5.02 Å². The minimum Gasteiger partial charge on any atom is -0.347 e. The second-order valence-corrected chi connectivity index (χ2v) is 6.75. The number of carbonyl (C=O) groups is 2. The quantitative estimate of drug-likeness (QED) is 0.854. The van der Waals surface area contributed by atoms with E-state index in [9.17, 15) is 9.59 Å². The smallest absolute Gasteiger partial charge is 0.242 e. The van der Waals surface area contributed by atoms with Crippen molar-refractivity contribution in [1.29, 1.82) is 0 Å². The van der Waals surface area contributed by atoms with E-state index in [0.29, 0.717) is 13.1 Å². The van der Waals surface area contributed by atoms with Crippen molar-refractivity contribution in [1.82, 2.24) is 15.1 Å². The summed E-state index contributed by atoms with van der Waals surface area (Å²) < 4.78 is 0. The minimum atomic E-state index is -0.0505. The van der Waals surface area contributed by atoms with Gasteiger partial charge in [0.25, 0.3) is 0 Å². The monoisotopic (exact) mass is 351 g/mol. The third-order valence-electron chi connectivity index (χ3n) is 4.49. The molecule has 0 bridgehead atoms. The lowest BCUT2D eigenvalue weighted by Crippen LogP contribution is -2.51. The van der Waals surface area contributed by atoms with E-state index in [4.69, 9.17) is 11.6 Å². The Morgan fingerprint density at radius 2 is 1.96 bits per heavy atom. The molecule has 0 saturated carbocycles. The van der Waals surface area contributed by atoms with Gasteiger partial charge in [0, 0.05) is 43.7 Å². The van der Waals surface area contributed by atoms with Gasteiger partial charge >= 0.3 is 0 Å². The van der Waals surface area contributed by atoms with E-state index in [1.54, 1.807) is 0 Å². The second kappa shape index (κ2) is 9.04. The van der Waals surface area contributed by atoms with Crippen molar-refractivity contribution in [3.8, 4) is 0 Å². The molecule has 1 unspecified atom stereocenters. The summed E-state index contributed by atoms with van der Waals surface area (Å²) >= 11 is 6.01. The Morgan fingerprint density at radius 1 is 1.25 bits per heavy atom. The zero-order chi connectivity index (χ0) is 17.5. The highest BCUT2D eigenvalue weighted by molar-refractivity contribution is 6.30. The van der Waals surface area contributed by atoms with E-state index in [0.717, 1.165) is 31.1 Å². The number of hydrogen-bond donors (Lipinski definition) is 1. The van der Waals surface area contributed by atoms with Crippen LogP contribution in [0.5, 0.6) is 0 Å². The maximum absolute atomic E-state index is 12.2. The topological polar surface area (TPSA) is 52.7 Å². The molecule has 1 N–H and O–H groups in total. The van der Waals surface area contributed by atoms with Gasteiger partial charge in [-0.1, -0.05) is 37.6 Å². The summed E-state index contributed by atoms with van der Waals surface area (Å²) in [5.74, 6) is -0.105. The Labute approximate surface area is 149 Å². The van der Waals surface area contributed by atoms with Gasteiger partial charge in [0.15, 0.2) is 0 Å². The minimum absolute atomic E-state index is 0.00550. The summed E-state index contributed by atoms with van der Waals surface area (Å²) in [6.07, 6.45) is 0.780. The van der Waals surface area contributed by atoms with Gasteiger partial charge in [-0.15, -0.1) is 0 Å². The summed E-state index contributed by atoms with van der Waals surface area (Å²) in [6, 6.07) is 7.87. The summed E-state index contributed by atoms with van der Waals surface area (Å²) in [5, 5.41) is 3.48. The molecule has 0 aliphatic carbocycles. The van der Waals surface area contributed by atoms with Crippen LogP contribution in [-0.4, -0.2) is 54.3 Å². The van der Waals surface area contributed by atoms with Crippen molar-refractivity contribution in [3.63, 3.8) is 0 Å². The van der Waals surface area contributed by atoms with Gasteiger partial charge in [0.2, 0.25) is 11.8 Å². The van der Waals surface area contributed by atoms with Gasteiger partial charge < -0.3 is 10.2 Å². The summed E-state index contributed by atoms with van der Waals surface area (Å²) in [5.41, 5.74) is 1.18. The number of rotatable bonds is 6. The van der Waals surface area contributed by atoms with Crippen molar-refractivity contribution in [3.05, 3.63) is 34.9 Å². The SMILES string of the molecule is CCC(C)C(=O)NCC(=O)N1CCN(Cc2cccc(Cl)c2)CC1. The molecule has 0 spiro atoms. The number of amides is 2. The molecule has 2 amide bonds. The Bertz CT molecular complexity index is 571. The Balaban J connectivity index is 1.74. The molecule has 1 aliphatic heterocycles. The van der Waals surface area contributed by atoms with Crippen LogP contribution < -0.4 is 5.32 Å². The number of piperazine rings is 1. The average molecular weight is 352 g/mol. The molecule has 0 radical (unpaired) electrons. The molecule has 1 atom stereocenters. The fraction of sp³-hybridized carbons (Fsp3) is 0.556. The van der Waals surface area contributed by atoms with Crippen molar-refractivity contribution < 1.29 is 9.59 Å². The van der Waals surface area contributed by atoms with Gasteiger partial charge in [-0.3, -0.25) is 14.5 Å². The highest BCUT2D eigenvalue weighted by Gasteiger charge is 2.22. The zero-order valence-electron chi connectivity index (χ0n) is 14.4. The zero-order valence-corrected chi connectivity index (χ0v) is 15.2. The second-order valence-electron chi connectivity index (χ2n) is 6.31. The molecule has 1 aromatic carbocycles. The molecular weight excluding hydrogens is 326 g/mol.